The molecule has 0 saturated carbocycles. The van der Waals surface area contributed by atoms with Crippen LogP contribution in [0.1, 0.15) is 25.7 Å². The van der Waals surface area contributed by atoms with E-state index in [1.807, 2.05) is 12.2 Å². The molecular formula is C8H15NO. The molecule has 1 aliphatic rings. The van der Waals surface area contributed by atoms with Crippen molar-refractivity contribution in [1.29, 1.82) is 0 Å². The fourth-order valence-corrected chi connectivity index (χ4v) is 1.21. The third-order valence-electron chi connectivity index (χ3n) is 1.87. The van der Waals surface area contributed by atoms with Gasteiger partial charge in [-0.1, -0.05) is 12.2 Å². The summed E-state index contributed by atoms with van der Waals surface area (Å²) in [7, 11) is 0. The highest BCUT2D eigenvalue weighted by atomic mass is 16.3. The average Bonchev–Trinajstić information content (AvgIpc) is 1.84. The molecule has 58 valence electrons. The summed E-state index contributed by atoms with van der Waals surface area (Å²) in [6, 6.07) is 0.309. The van der Waals surface area contributed by atoms with Crippen molar-refractivity contribution < 1.29 is 5.11 Å². The van der Waals surface area contributed by atoms with Crippen molar-refractivity contribution in [1.82, 2.24) is 0 Å². The van der Waals surface area contributed by atoms with Gasteiger partial charge in [-0.2, -0.15) is 0 Å². The molecule has 0 bridgehead atoms. The van der Waals surface area contributed by atoms with Gasteiger partial charge in [-0.15, -0.1) is 0 Å². The van der Waals surface area contributed by atoms with Gasteiger partial charge < -0.3 is 10.8 Å². The van der Waals surface area contributed by atoms with Gasteiger partial charge >= 0.3 is 0 Å². The summed E-state index contributed by atoms with van der Waals surface area (Å²) in [6.07, 6.45) is 7.47. The molecule has 0 fully saturated rings. The van der Waals surface area contributed by atoms with Crippen molar-refractivity contribution in [3.05, 3.63) is 12.2 Å². The molecule has 1 rings (SSSR count). The Bertz CT molecular complexity index is 122. The topological polar surface area (TPSA) is 46.2 Å². The van der Waals surface area contributed by atoms with E-state index in [4.69, 9.17) is 5.73 Å². The maximum absolute atomic E-state index is 9.17. The Labute approximate surface area is 61.7 Å². The number of hydrogen-bond donors (Lipinski definition) is 2. The highest BCUT2D eigenvalue weighted by molar-refractivity contribution is 4.92. The lowest BCUT2D eigenvalue weighted by Crippen LogP contribution is -2.21. The number of aliphatic hydroxyl groups is 1. The normalized spacial score (nSPS) is 38.2. The summed E-state index contributed by atoms with van der Waals surface area (Å²) in [5.74, 6) is 0. The van der Waals surface area contributed by atoms with E-state index in [1.54, 1.807) is 0 Å². The molecule has 0 heterocycles. The van der Waals surface area contributed by atoms with E-state index in [2.05, 4.69) is 0 Å². The Kier molecular flexibility index (Phi) is 2.90. The highest BCUT2D eigenvalue weighted by Crippen LogP contribution is 2.10. The molecule has 0 amide bonds. The van der Waals surface area contributed by atoms with E-state index in [9.17, 15) is 5.11 Å². The van der Waals surface area contributed by atoms with Crippen LogP contribution >= 0.6 is 0 Å². The average molecular weight is 141 g/mol. The first-order chi connectivity index (χ1) is 4.79. The SMILES string of the molecule is NC1C/C=C\C(O)CCC1. The van der Waals surface area contributed by atoms with Gasteiger partial charge in [0.05, 0.1) is 6.10 Å². The summed E-state index contributed by atoms with van der Waals surface area (Å²) in [6.45, 7) is 0. The standard InChI is InChI=1S/C8H15NO/c9-7-3-1-5-8(10)6-2-4-7/h1,5,7-8,10H,2-4,6,9H2/b5-1-. The summed E-state index contributed by atoms with van der Waals surface area (Å²) in [5, 5.41) is 9.17. The van der Waals surface area contributed by atoms with Crippen LogP contribution in [-0.2, 0) is 0 Å². The molecule has 0 aromatic rings. The molecular weight excluding hydrogens is 126 g/mol. The summed E-state index contributed by atoms with van der Waals surface area (Å²) in [4.78, 5) is 0. The minimum atomic E-state index is -0.229. The lowest BCUT2D eigenvalue weighted by Gasteiger charge is -2.13. The van der Waals surface area contributed by atoms with E-state index in [1.165, 1.54) is 0 Å². The minimum absolute atomic E-state index is 0.229. The van der Waals surface area contributed by atoms with Gasteiger partial charge in [0, 0.05) is 6.04 Å². The van der Waals surface area contributed by atoms with E-state index >= 15 is 0 Å². The molecule has 2 nitrogen and oxygen atoms in total. The molecule has 10 heavy (non-hydrogen) atoms. The molecule has 2 atom stereocenters. The molecule has 2 heteroatoms. The van der Waals surface area contributed by atoms with E-state index < -0.39 is 0 Å². The smallest absolute Gasteiger partial charge is 0.0720 e. The van der Waals surface area contributed by atoms with E-state index in [0.29, 0.717) is 6.04 Å². The van der Waals surface area contributed by atoms with Crippen LogP contribution in [0.2, 0.25) is 0 Å². The first-order valence-electron chi connectivity index (χ1n) is 3.89. The van der Waals surface area contributed by atoms with Crippen LogP contribution in [0.25, 0.3) is 0 Å². The third-order valence-corrected chi connectivity index (χ3v) is 1.87. The Morgan fingerprint density at radius 1 is 1.40 bits per heavy atom. The molecule has 3 N–H and O–H groups in total. The van der Waals surface area contributed by atoms with Crippen molar-refractivity contribution in [2.45, 2.75) is 37.8 Å². The molecule has 0 spiro atoms. The zero-order valence-electron chi connectivity index (χ0n) is 6.16. The van der Waals surface area contributed by atoms with Crippen LogP contribution in [-0.4, -0.2) is 17.3 Å². The van der Waals surface area contributed by atoms with Gasteiger partial charge in [-0.3, -0.25) is 0 Å². The van der Waals surface area contributed by atoms with Crippen LogP contribution in [0.15, 0.2) is 12.2 Å². The number of aliphatic hydroxyl groups excluding tert-OH is 1. The fourth-order valence-electron chi connectivity index (χ4n) is 1.21. The van der Waals surface area contributed by atoms with Crippen molar-refractivity contribution in [3.8, 4) is 0 Å². The molecule has 0 saturated heterocycles. The van der Waals surface area contributed by atoms with Gasteiger partial charge in [0.25, 0.3) is 0 Å². The molecule has 0 aromatic carbocycles. The maximum Gasteiger partial charge on any atom is 0.0720 e. The fraction of sp³-hybridized carbons (Fsp3) is 0.750. The van der Waals surface area contributed by atoms with Crippen LogP contribution in [0.5, 0.6) is 0 Å². The zero-order valence-corrected chi connectivity index (χ0v) is 6.16. The van der Waals surface area contributed by atoms with Crippen molar-refractivity contribution in [2.75, 3.05) is 0 Å². The molecule has 0 aromatic heterocycles. The largest absolute Gasteiger partial charge is 0.389 e. The lowest BCUT2D eigenvalue weighted by molar-refractivity contribution is 0.204. The Morgan fingerprint density at radius 3 is 3.00 bits per heavy atom. The van der Waals surface area contributed by atoms with Gasteiger partial charge in [-0.05, 0) is 25.7 Å². The number of hydrogen-bond acceptors (Lipinski definition) is 2. The minimum Gasteiger partial charge on any atom is -0.389 e. The van der Waals surface area contributed by atoms with E-state index in [0.717, 1.165) is 25.7 Å². The second-order valence-electron chi connectivity index (χ2n) is 2.92. The predicted molar refractivity (Wildman–Crippen MR) is 41.6 cm³/mol. The highest BCUT2D eigenvalue weighted by Gasteiger charge is 2.06. The third kappa shape index (κ3) is 2.50. The van der Waals surface area contributed by atoms with Crippen LogP contribution in [0.4, 0.5) is 0 Å². The van der Waals surface area contributed by atoms with Gasteiger partial charge in [0.2, 0.25) is 0 Å². The second-order valence-corrected chi connectivity index (χ2v) is 2.92. The van der Waals surface area contributed by atoms with Gasteiger partial charge in [0.1, 0.15) is 0 Å². The van der Waals surface area contributed by atoms with Crippen molar-refractivity contribution >= 4 is 0 Å². The van der Waals surface area contributed by atoms with Crippen LogP contribution < -0.4 is 5.73 Å². The molecule has 0 radical (unpaired) electrons. The van der Waals surface area contributed by atoms with Crippen LogP contribution in [0, 0.1) is 0 Å². The molecule has 1 aliphatic carbocycles. The summed E-state index contributed by atoms with van der Waals surface area (Å²) >= 11 is 0. The van der Waals surface area contributed by atoms with Crippen LogP contribution in [0.3, 0.4) is 0 Å². The first-order valence-corrected chi connectivity index (χ1v) is 3.89. The van der Waals surface area contributed by atoms with E-state index in [-0.39, 0.29) is 6.10 Å². The second kappa shape index (κ2) is 3.74. The van der Waals surface area contributed by atoms with Crippen molar-refractivity contribution in [2.24, 2.45) is 5.73 Å². The lowest BCUT2D eigenvalue weighted by atomic mass is 10.0. The molecule has 2 unspecified atom stereocenters. The Hall–Kier alpha value is -0.340. The first kappa shape index (κ1) is 7.76. The maximum atomic E-state index is 9.17. The van der Waals surface area contributed by atoms with Gasteiger partial charge in [-0.25, -0.2) is 0 Å². The van der Waals surface area contributed by atoms with Crippen molar-refractivity contribution in [3.63, 3.8) is 0 Å². The number of nitrogens with two attached hydrogens (primary N) is 1. The monoisotopic (exact) mass is 141 g/mol. The molecule has 0 aliphatic heterocycles. The van der Waals surface area contributed by atoms with Gasteiger partial charge in [0.15, 0.2) is 0 Å². The predicted octanol–water partition coefficient (Wildman–Crippen LogP) is 0.805. The summed E-state index contributed by atoms with van der Waals surface area (Å²) < 4.78 is 0. The Balaban J connectivity index is 2.38. The summed E-state index contributed by atoms with van der Waals surface area (Å²) in [5.41, 5.74) is 5.72. The number of rotatable bonds is 0. The quantitative estimate of drug-likeness (QED) is 0.490. The zero-order chi connectivity index (χ0) is 7.40. The Morgan fingerprint density at radius 2 is 2.20 bits per heavy atom.